The predicted octanol–water partition coefficient (Wildman–Crippen LogP) is 5.11. The molecule has 0 amide bonds. The van der Waals surface area contributed by atoms with E-state index in [9.17, 15) is 9.90 Å². The zero-order valence-electron chi connectivity index (χ0n) is 12.3. The van der Waals surface area contributed by atoms with Gasteiger partial charge in [0.1, 0.15) is 0 Å². The molecule has 0 aliphatic rings. The summed E-state index contributed by atoms with van der Waals surface area (Å²) in [5, 5.41) is 10.1. The Labute approximate surface area is 129 Å². The minimum absolute atomic E-state index is 0.156. The number of aliphatic hydroxyl groups is 1. The molecule has 2 nitrogen and oxygen atoms in total. The Morgan fingerprint density at radius 3 is 2.24 bits per heavy atom. The van der Waals surface area contributed by atoms with Crippen LogP contribution < -0.4 is 0 Å². The second-order valence-electron chi connectivity index (χ2n) is 5.04. The highest BCUT2D eigenvalue weighted by Crippen LogP contribution is 2.32. The van der Waals surface area contributed by atoms with Crippen LogP contribution in [0.15, 0.2) is 42.7 Å². The van der Waals surface area contributed by atoms with E-state index < -0.39 is 0 Å². The minimum atomic E-state index is -0.156. The highest BCUT2D eigenvalue weighted by molar-refractivity contribution is 6.30. The zero-order valence-corrected chi connectivity index (χ0v) is 13.0. The van der Waals surface area contributed by atoms with Crippen molar-refractivity contribution in [3.05, 3.63) is 64.4 Å². The maximum atomic E-state index is 11.7. The van der Waals surface area contributed by atoms with Crippen molar-refractivity contribution in [1.29, 1.82) is 0 Å². The van der Waals surface area contributed by atoms with Gasteiger partial charge in [0.2, 0.25) is 0 Å². The van der Waals surface area contributed by atoms with E-state index in [1.807, 2.05) is 50.2 Å². The largest absolute Gasteiger partial charge is 0.515 e. The highest BCUT2D eigenvalue weighted by atomic mass is 35.5. The van der Waals surface area contributed by atoms with E-state index >= 15 is 0 Å². The van der Waals surface area contributed by atoms with Gasteiger partial charge in [0, 0.05) is 5.02 Å². The summed E-state index contributed by atoms with van der Waals surface area (Å²) in [5.74, 6) is -0.156. The molecule has 0 spiro atoms. The number of hydrogen-bond acceptors (Lipinski definition) is 2. The summed E-state index contributed by atoms with van der Waals surface area (Å²) in [6, 6.07) is 11.5. The maximum Gasteiger partial charge on any atom is 0.163 e. The molecule has 0 radical (unpaired) electrons. The average molecular weight is 301 g/mol. The van der Waals surface area contributed by atoms with Crippen molar-refractivity contribution >= 4 is 23.0 Å². The third kappa shape index (κ3) is 3.01. The van der Waals surface area contributed by atoms with Crippen molar-refractivity contribution in [1.82, 2.24) is 0 Å². The van der Waals surface area contributed by atoms with E-state index in [0.29, 0.717) is 10.6 Å². The predicted molar refractivity (Wildman–Crippen MR) is 87.6 cm³/mol. The Kier molecular flexibility index (Phi) is 4.49. The molecule has 2 rings (SSSR count). The molecule has 0 atom stereocenters. The third-order valence-corrected chi connectivity index (χ3v) is 3.86. The molecule has 0 unspecified atom stereocenters. The molecule has 2 aromatic carbocycles. The van der Waals surface area contributed by atoms with Crippen LogP contribution in [-0.4, -0.2) is 10.9 Å². The van der Waals surface area contributed by atoms with Crippen LogP contribution >= 0.6 is 11.6 Å². The number of ketones is 1. The quantitative estimate of drug-likeness (QED) is 0.631. The van der Waals surface area contributed by atoms with E-state index in [2.05, 4.69) is 0 Å². The van der Waals surface area contributed by atoms with Crippen LogP contribution in [0.25, 0.3) is 16.7 Å². The van der Waals surface area contributed by atoms with Crippen molar-refractivity contribution in [2.75, 3.05) is 0 Å². The molecular weight excluding hydrogens is 284 g/mol. The fraction of sp³-hybridized carbons (Fsp3) is 0.167. The van der Waals surface area contributed by atoms with Crippen LogP contribution in [0.2, 0.25) is 5.02 Å². The monoisotopic (exact) mass is 300 g/mol. The Morgan fingerprint density at radius 2 is 1.71 bits per heavy atom. The fourth-order valence-electron chi connectivity index (χ4n) is 2.54. The summed E-state index contributed by atoms with van der Waals surface area (Å²) in [6.45, 7) is 5.34. The zero-order chi connectivity index (χ0) is 15.6. The molecule has 2 aromatic rings. The van der Waals surface area contributed by atoms with Gasteiger partial charge in [-0.15, -0.1) is 0 Å². The molecule has 21 heavy (non-hydrogen) atoms. The van der Waals surface area contributed by atoms with Gasteiger partial charge in [0.15, 0.2) is 5.78 Å². The third-order valence-electron chi connectivity index (χ3n) is 3.61. The smallest absolute Gasteiger partial charge is 0.163 e. The van der Waals surface area contributed by atoms with Gasteiger partial charge in [-0.05, 0) is 60.7 Å². The molecule has 1 N–H and O–H groups in total. The van der Waals surface area contributed by atoms with Crippen molar-refractivity contribution in [3.8, 4) is 11.1 Å². The first kappa shape index (κ1) is 15.3. The number of carbonyl (C=O) groups is 1. The van der Waals surface area contributed by atoms with Crippen LogP contribution in [0.3, 0.4) is 0 Å². The summed E-state index contributed by atoms with van der Waals surface area (Å²) in [6.07, 6.45) is 0.892. The van der Waals surface area contributed by atoms with Gasteiger partial charge in [-0.3, -0.25) is 4.79 Å². The Hall–Kier alpha value is -2.06. The SMILES string of the molecule is CC(=O)/C(=C/O)c1c(C)ccc(-c2ccc(Cl)cc2)c1C. The highest BCUT2D eigenvalue weighted by Gasteiger charge is 2.16. The fourth-order valence-corrected chi connectivity index (χ4v) is 2.66. The van der Waals surface area contributed by atoms with Crippen molar-refractivity contribution in [3.63, 3.8) is 0 Å². The number of hydrogen-bond donors (Lipinski definition) is 1. The molecule has 0 saturated heterocycles. The number of halogens is 1. The standard InChI is InChI=1S/C18H17ClO2/c1-11-4-9-16(14-5-7-15(19)8-6-14)12(2)18(11)17(10-20)13(3)21/h4-10,20H,1-3H3/b17-10-. The topological polar surface area (TPSA) is 37.3 Å². The maximum absolute atomic E-state index is 11.7. The molecule has 108 valence electrons. The van der Waals surface area contributed by atoms with Crippen LogP contribution in [0.4, 0.5) is 0 Å². The Balaban J connectivity index is 2.67. The molecule has 0 aliphatic heterocycles. The lowest BCUT2D eigenvalue weighted by Gasteiger charge is -2.15. The molecule has 0 aromatic heterocycles. The molecule has 0 heterocycles. The summed E-state index contributed by atoms with van der Waals surface area (Å²) >= 11 is 5.92. The number of carbonyl (C=O) groups excluding carboxylic acids is 1. The number of allylic oxidation sites excluding steroid dienone is 1. The van der Waals surface area contributed by atoms with E-state index in [-0.39, 0.29) is 5.78 Å². The lowest BCUT2D eigenvalue weighted by atomic mass is 9.88. The molecule has 3 heteroatoms. The van der Waals surface area contributed by atoms with Gasteiger partial charge in [0.05, 0.1) is 11.8 Å². The number of Topliss-reactive ketones (excluding diaryl/α,β-unsaturated/α-hetero) is 1. The Morgan fingerprint density at radius 1 is 1.10 bits per heavy atom. The van der Waals surface area contributed by atoms with Crippen LogP contribution in [0, 0.1) is 13.8 Å². The lowest BCUT2D eigenvalue weighted by Crippen LogP contribution is -2.02. The summed E-state index contributed by atoms with van der Waals surface area (Å²) < 4.78 is 0. The first-order valence-electron chi connectivity index (χ1n) is 6.67. The summed E-state index contributed by atoms with van der Waals surface area (Å²) in [7, 11) is 0. The van der Waals surface area contributed by atoms with Crippen molar-refractivity contribution < 1.29 is 9.90 Å². The summed E-state index contributed by atoms with van der Waals surface area (Å²) in [4.78, 5) is 11.7. The second kappa shape index (κ2) is 6.15. The second-order valence-corrected chi connectivity index (χ2v) is 5.47. The van der Waals surface area contributed by atoms with Gasteiger partial charge in [-0.1, -0.05) is 35.9 Å². The van der Waals surface area contributed by atoms with Crippen molar-refractivity contribution in [2.45, 2.75) is 20.8 Å². The summed E-state index contributed by atoms with van der Waals surface area (Å²) in [5.41, 5.74) is 5.10. The van der Waals surface area contributed by atoms with Crippen molar-refractivity contribution in [2.24, 2.45) is 0 Å². The van der Waals surface area contributed by atoms with Crippen LogP contribution in [-0.2, 0) is 4.79 Å². The first-order valence-corrected chi connectivity index (χ1v) is 7.05. The molecule has 0 fully saturated rings. The number of aliphatic hydroxyl groups excluding tert-OH is 1. The lowest BCUT2D eigenvalue weighted by molar-refractivity contribution is -0.111. The van der Waals surface area contributed by atoms with Crippen LogP contribution in [0.1, 0.15) is 23.6 Å². The van der Waals surface area contributed by atoms with E-state index in [4.69, 9.17) is 11.6 Å². The number of rotatable bonds is 3. The van der Waals surface area contributed by atoms with Gasteiger partial charge in [0.25, 0.3) is 0 Å². The average Bonchev–Trinajstić information content (AvgIpc) is 2.44. The number of aryl methyl sites for hydroxylation is 1. The minimum Gasteiger partial charge on any atom is -0.515 e. The van der Waals surface area contributed by atoms with Gasteiger partial charge in [-0.25, -0.2) is 0 Å². The molecule has 0 aliphatic carbocycles. The number of benzene rings is 2. The Bertz CT molecular complexity index is 713. The molecular formula is C18H17ClO2. The van der Waals surface area contributed by atoms with Gasteiger partial charge >= 0.3 is 0 Å². The van der Waals surface area contributed by atoms with Gasteiger partial charge < -0.3 is 5.11 Å². The molecule has 0 bridgehead atoms. The molecule has 0 saturated carbocycles. The normalized spacial score (nSPS) is 11.5. The van der Waals surface area contributed by atoms with Crippen LogP contribution in [0.5, 0.6) is 0 Å². The van der Waals surface area contributed by atoms with E-state index in [1.54, 1.807) is 0 Å². The first-order chi connectivity index (χ1) is 9.95. The van der Waals surface area contributed by atoms with Gasteiger partial charge in [-0.2, -0.15) is 0 Å². The van der Waals surface area contributed by atoms with E-state index in [0.717, 1.165) is 34.1 Å². The van der Waals surface area contributed by atoms with E-state index in [1.165, 1.54) is 6.92 Å².